The van der Waals surface area contributed by atoms with Gasteiger partial charge in [-0.25, -0.2) is 0 Å². The fraction of sp³-hybridized carbons (Fsp3) is 0.750. The van der Waals surface area contributed by atoms with Crippen LogP contribution in [0.3, 0.4) is 0 Å². The topological polar surface area (TPSA) is 17.1 Å². The predicted octanol–water partition coefficient (Wildman–Crippen LogP) is 3.32. The van der Waals surface area contributed by atoms with E-state index in [1.54, 1.807) is 0 Å². The maximum Gasteiger partial charge on any atom is 0.158 e. The number of hydrogen-bond donors (Lipinski definition) is 0. The van der Waals surface area contributed by atoms with Crippen molar-refractivity contribution in [3.8, 4) is 0 Å². The minimum atomic E-state index is 0.0664. The van der Waals surface area contributed by atoms with Gasteiger partial charge in [0.25, 0.3) is 0 Å². The number of hydrogen-bond acceptors (Lipinski definition) is 1. The fourth-order valence-electron chi connectivity index (χ4n) is 2.68. The molecule has 1 nitrogen and oxygen atoms in total. The molecule has 0 saturated carbocycles. The molecule has 2 unspecified atom stereocenters. The zero-order valence-corrected chi connectivity index (χ0v) is 9.82. The molecule has 2 aliphatic rings. The highest BCUT2D eigenvalue weighted by molar-refractivity contribution is 6.24. The summed E-state index contributed by atoms with van der Waals surface area (Å²) >= 11 is 6.43. The number of carbonyl (C=O) groups is 1. The Labute approximate surface area is 90.5 Å². The van der Waals surface area contributed by atoms with Gasteiger partial charge in [-0.1, -0.05) is 20.8 Å². The first-order chi connectivity index (χ1) is 6.43. The van der Waals surface area contributed by atoms with Crippen LogP contribution in [0.25, 0.3) is 0 Å². The van der Waals surface area contributed by atoms with E-state index in [4.69, 9.17) is 11.6 Å². The quantitative estimate of drug-likeness (QED) is 0.563. The molecule has 14 heavy (non-hydrogen) atoms. The third-order valence-electron chi connectivity index (χ3n) is 3.61. The predicted molar refractivity (Wildman–Crippen MR) is 58.5 cm³/mol. The van der Waals surface area contributed by atoms with E-state index >= 15 is 0 Å². The van der Waals surface area contributed by atoms with Gasteiger partial charge < -0.3 is 0 Å². The van der Waals surface area contributed by atoms with Crippen molar-refractivity contribution in [3.63, 3.8) is 0 Å². The molecule has 2 rings (SSSR count). The Kier molecular flexibility index (Phi) is 2.26. The maximum atomic E-state index is 11.7. The molecule has 0 aromatic rings. The van der Waals surface area contributed by atoms with Gasteiger partial charge in [0.05, 0.1) is 5.38 Å². The van der Waals surface area contributed by atoms with Gasteiger partial charge in [-0.3, -0.25) is 4.79 Å². The second kappa shape index (κ2) is 3.10. The first kappa shape index (κ1) is 10.2. The summed E-state index contributed by atoms with van der Waals surface area (Å²) in [5, 5.41) is 0.0664. The van der Waals surface area contributed by atoms with Gasteiger partial charge in [0.15, 0.2) is 5.78 Å². The van der Waals surface area contributed by atoms with Crippen LogP contribution in [0.1, 0.15) is 40.0 Å². The van der Waals surface area contributed by atoms with Crippen molar-refractivity contribution in [1.29, 1.82) is 0 Å². The Balaban J connectivity index is 2.42. The third kappa shape index (κ3) is 1.33. The zero-order valence-electron chi connectivity index (χ0n) is 9.06. The highest BCUT2D eigenvalue weighted by atomic mass is 35.5. The molecule has 0 radical (unpaired) electrons. The molecule has 0 saturated heterocycles. The summed E-state index contributed by atoms with van der Waals surface area (Å²) in [6.07, 6.45) is 2.58. The minimum Gasteiger partial charge on any atom is -0.295 e. The second-order valence-electron chi connectivity index (χ2n) is 5.32. The van der Waals surface area contributed by atoms with Crippen LogP contribution in [-0.4, -0.2) is 11.2 Å². The molecule has 0 heterocycles. The highest BCUT2D eigenvalue weighted by Gasteiger charge is 2.44. The van der Waals surface area contributed by atoms with Crippen LogP contribution in [0.5, 0.6) is 0 Å². The lowest BCUT2D eigenvalue weighted by Crippen LogP contribution is -2.23. The van der Waals surface area contributed by atoms with E-state index in [1.807, 2.05) is 0 Å². The molecule has 0 amide bonds. The first-order valence-corrected chi connectivity index (χ1v) is 5.77. The highest BCUT2D eigenvalue weighted by Crippen LogP contribution is 2.50. The summed E-state index contributed by atoms with van der Waals surface area (Å²) in [6.45, 7) is 6.50. The molecule has 0 bridgehead atoms. The molecular weight excluding hydrogens is 196 g/mol. The van der Waals surface area contributed by atoms with Gasteiger partial charge in [-0.15, -0.1) is 11.6 Å². The van der Waals surface area contributed by atoms with E-state index in [-0.39, 0.29) is 10.8 Å². The van der Waals surface area contributed by atoms with Crippen molar-refractivity contribution in [1.82, 2.24) is 0 Å². The molecule has 0 aromatic carbocycles. The van der Waals surface area contributed by atoms with Gasteiger partial charge in [0.2, 0.25) is 0 Å². The number of ketones is 1. The minimum absolute atomic E-state index is 0.0664. The first-order valence-electron chi connectivity index (χ1n) is 5.33. The molecule has 0 spiro atoms. The third-order valence-corrected chi connectivity index (χ3v) is 4.44. The van der Waals surface area contributed by atoms with Crippen molar-refractivity contribution in [2.24, 2.45) is 11.3 Å². The number of halogens is 1. The van der Waals surface area contributed by atoms with Crippen LogP contribution in [0.15, 0.2) is 11.1 Å². The van der Waals surface area contributed by atoms with Crippen LogP contribution in [0.4, 0.5) is 0 Å². The van der Waals surface area contributed by atoms with Crippen LogP contribution < -0.4 is 0 Å². The summed E-state index contributed by atoms with van der Waals surface area (Å²) < 4.78 is 0. The summed E-state index contributed by atoms with van der Waals surface area (Å²) in [6, 6.07) is 0. The monoisotopic (exact) mass is 212 g/mol. The largest absolute Gasteiger partial charge is 0.295 e. The molecule has 0 aliphatic heterocycles. The van der Waals surface area contributed by atoms with E-state index in [0.29, 0.717) is 11.7 Å². The number of Topliss-reactive ketones (excluding diaryl/α,β-unsaturated/α-hetero) is 1. The Morgan fingerprint density at radius 3 is 2.64 bits per heavy atom. The lowest BCUT2D eigenvalue weighted by atomic mass is 9.84. The summed E-state index contributed by atoms with van der Waals surface area (Å²) in [5.41, 5.74) is 2.36. The van der Waals surface area contributed by atoms with Crippen molar-refractivity contribution in [3.05, 3.63) is 11.1 Å². The van der Waals surface area contributed by atoms with Crippen molar-refractivity contribution in [2.45, 2.75) is 45.4 Å². The molecule has 2 heteroatoms. The SMILES string of the molecule is CC1CCC(=O)C2=C1C(Cl)C(C)(C)C2. The van der Waals surface area contributed by atoms with Crippen LogP contribution >= 0.6 is 11.6 Å². The van der Waals surface area contributed by atoms with Gasteiger partial charge in [0, 0.05) is 6.42 Å². The molecule has 2 atom stereocenters. The molecule has 78 valence electrons. The standard InChI is InChI=1S/C12H17ClO/c1-7-4-5-9(14)8-6-12(2,3)11(13)10(7)8/h7,11H,4-6H2,1-3H3. The van der Waals surface area contributed by atoms with Crippen molar-refractivity contribution >= 4 is 17.4 Å². The van der Waals surface area contributed by atoms with Gasteiger partial charge in [-0.2, -0.15) is 0 Å². The smallest absolute Gasteiger partial charge is 0.158 e. The van der Waals surface area contributed by atoms with Crippen LogP contribution in [0.2, 0.25) is 0 Å². The van der Waals surface area contributed by atoms with Crippen molar-refractivity contribution < 1.29 is 4.79 Å². The van der Waals surface area contributed by atoms with E-state index in [1.165, 1.54) is 5.57 Å². The number of alkyl halides is 1. The lowest BCUT2D eigenvalue weighted by molar-refractivity contribution is -0.116. The average molecular weight is 213 g/mol. The maximum absolute atomic E-state index is 11.7. The summed E-state index contributed by atoms with van der Waals surface area (Å²) in [5.74, 6) is 0.848. The van der Waals surface area contributed by atoms with E-state index in [9.17, 15) is 4.79 Å². The molecule has 0 N–H and O–H groups in total. The summed E-state index contributed by atoms with van der Waals surface area (Å²) in [4.78, 5) is 11.7. The Hall–Kier alpha value is -0.300. The Morgan fingerprint density at radius 2 is 2.07 bits per heavy atom. The normalized spacial score (nSPS) is 36.1. The molecule has 0 fully saturated rings. The number of allylic oxidation sites excluding steroid dienone is 2. The van der Waals surface area contributed by atoms with E-state index in [0.717, 1.165) is 24.8 Å². The Morgan fingerprint density at radius 1 is 1.43 bits per heavy atom. The Bertz CT molecular complexity index is 314. The van der Waals surface area contributed by atoms with Crippen LogP contribution in [-0.2, 0) is 4.79 Å². The second-order valence-corrected chi connectivity index (χ2v) is 5.76. The molecule has 0 aromatic heterocycles. The van der Waals surface area contributed by atoms with Gasteiger partial charge in [-0.05, 0) is 35.3 Å². The lowest BCUT2D eigenvalue weighted by Gasteiger charge is -2.26. The van der Waals surface area contributed by atoms with Crippen molar-refractivity contribution in [2.75, 3.05) is 0 Å². The van der Waals surface area contributed by atoms with Gasteiger partial charge >= 0.3 is 0 Å². The summed E-state index contributed by atoms with van der Waals surface area (Å²) in [7, 11) is 0. The molecule has 2 aliphatic carbocycles. The van der Waals surface area contributed by atoms with Gasteiger partial charge in [0.1, 0.15) is 0 Å². The average Bonchev–Trinajstić information content (AvgIpc) is 2.33. The number of carbonyl (C=O) groups excluding carboxylic acids is 1. The van der Waals surface area contributed by atoms with E-state index in [2.05, 4.69) is 20.8 Å². The van der Waals surface area contributed by atoms with Crippen LogP contribution in [0, 0.1) is 11.3 Å². The van der Waals surface area contributed by atoms with E-state index < -0.39 is 0 Å². The molecular formula is C12H17ClO. The number of rotatable bonds is 0. The zero-order chi connectivity index (χ0) is 10.5. The fourth-order valence-corrected chi connectivity index (χ4v) is 3.11.